The molecule has 170 valence electrons. The molecule has 0 fully saturated rings. The van der Waals surface area contributed by atoms with Crippen LogP contribution < -0.4 is 10.9 Å². The van der Waals surface area contributed by atoms with Gasteiger partial charge in [-0.25, -0.2) is 14.4 Å². The fourth-order valence-electron chi connectivity index (χ4n) is 3.46. The number of nitrogens with zero attached hydrogens (tertiary/aromatic N) is 3. The van der Waals surface area contributed by atoms with Gasteiger partial charge < -0.3 is 5.32 Å². The van der Waals surface area contributed by atoms with Gasteiger partial charge >= 0.3 is 0 Å². The molecule has 0 radical (unpaired) electrons. The number of thiophene rings is 1. The van der Waals surface area contributed by atoms with E-state index in [2.05, 4.69) is 10.3 Å². The van der Waals surface area contributed by atoms with Gasteiger partial charge in [-0.1, -0.05) is 53.7 Å². The minimum atomic E-state index is -0.489. The SMILES string of the molecule is O=C(CSc1nc2c(sc3ncccc32)c(=O)n1Cc1ccccc1)Nc1ccc(F)cc1Cl. The second-order valence-electron chi connectivity index (χ2n) is 7.37. The molecule has 0 saturated carbocycles. The molecule has 0 atom stereocenters. The van der Waals surface area contributed by atoms with E-state index >= 15 is 0 Å². The van der Waals surface area contributed by atoms with Crippen LogP contribution in [0, 0.1) is 5.82 Å². The van der Waals surface area contributed by atoms with Gasteiger partial charge in [-0.15, -0.1) is 11.3 Å². The number of nitrogens with one attached hydrogen (secondary N) is 1. The van der Waals surface area contributed by atoms with Gasteiger partial charge in [0, 0.05) is 11.6 Å². The highest BCUT2D eigenvalue weighted by Crippen LogP contribution is 2.31. The Hall–Kier alpha value is -3.27. The molecule has 5 rings (SSSR count). The Kier molecular flexibility index (Phi) is 6.32. The zero-order chi connectivity index (χ0) is 23.7. The summed E-state index contributed by atoms with van der Waals surface area (Å²) in [5.74, 6) is -0.853. The van der Waals surface area contributed by atoms with Crippen molar-refractivity contribution in [1.29, 1.82) is 0 Å². The lowest BCUT2D eigenvalue weighted by Gasteiger charge is -2.12. The number of amides is 1. The predicted molar refractivity (Wildman–Crippen MR) is 135 cm³/mol. The van der Waals surface area contributed by atoms with Crippen LogP contribution in [0.5, 0.6) is 0 Å². The highest BCUT2D eigenvalue weighted by molar-refractivity contribution is 7.99. The van der Waals surface area contributed by atoms with Crippen molar-refractivity contribution in [3.8, 4) is 0 Å². The lowest BCUT2D eigenvalue weighted by Crippen LogP contribution is -2.24. The fraction of sp³-hybridized carbons (Fsp3) is 0.0833. The summed E-state index contributed by atoms with van der Waals surface area (Å²) in [5.41, 5.74) is 1.65. The average molecular weight is 511 g/mol. The third kappa shape index (κ3) is 4.54. The zero-order valence-electron chi connectivity index (χ0n) is 17.5. The van der Waals surface area contributed by atoms with Crippen LogP contribution in [0.2, 0.25) is 5.02 Å². The minimum absolute atomic E-state index is 0.0131. The Balaban J connectivity index is 1.50. The lowest BCUT2D eigenvalue weighted by atomic mass is 10.2. The van der Waals surface area contributed by atoms with E-state index in [0.717, 1.165) is 33.6 Å². The summed E-state index contributed by atoms with van der Waals surface area (Å²) < 4.78 is 15.4. The van der Waals surface area contributed by atoms with Gasteiger partial charge in [0.15, 0.2) is 5.16 Å². The number of carbonyl (C=O) groups is 1. The molecule has 10 heteroatoms. The Morgan fingerprint density at radius 3 is 2.76 bits per heavy atom. The standard InChI is InChI=1S/C24H16ClFN4O2S2/c25-17-11-15(26)8-9-18(17)28-19(31)13-33-24-29-20-16-7-4-10-27-22(16)34-21(20)23(32)30(24)12-14-5-2-1-3-6-14/h1-11H,12-13H2,(H,28,31). The van der Waals surface area contributed by atoms with E-state index in [4.69, 9.17) is 16.6 Å². The molecule has 0 unspecified atom stereocenters. The molecular weight excluding hydrogens is 495 g/mol. The van der Waals surface area contributed by atoms with Crippen molar-refractivity contribution in [2.75, 3.05) is 11.1 Å². The number of thioether (sulfide) groups is 1. The van der Waals surface area contributed by atoms with Crippen LogP contribution in [0.3, 0.4) is 0 Å². The van der Waals surface area contributed by atoms with Crippen molar-refractivity contribution in [2.45, 2.75) is 11.7 Å². The Labute approximate surface area is 206 Å². The van der Waals surface area contributed by atoms with Crippen molar-refractivity contribution < 1.29 is 9.18 Å². The van der Waals surface area contributed by atoms with E-state index < -0.39 is 5.82 Å². The topological polar surface area (TPSA) is 76.9 Å². The normalized spacial score (nSPS) is 11.2. The van der Waals surface area contributed by atoms with Crippen LogP contribution in [0.1, 0.15) is 5.56 Å². The molecule has 0 aliphatic carbocycles. The number of rotatable bonds is 6. The van der Waals surface area contributed by atoms with Gasteiger partial charge in [-0.3, -0.25) is 14.2 Å². The molecule has 5 aromatic rings. The second kappa shape index (κ2) is 9.54. The maximum atomic E-state index is 13.5. The maximum absolute atomic E-state index is 13.5. The summed E-state index contributed by atoms with van der Waals surface area (Å²) in [7, 11) is 0. The van der Waals surface area contributed by atoms with E-state index in [1.807, 2.05) is 36.4 Å². The summed E-state index contributed by atoms with van der Waals surface area (Å²) in [5, 5.41) is 4.00. The van der Waals surface area contributed by atoms with E-state index in [-0.39, 0.29) is 22.2 Å². The fourth-order valence-corrected chi connectivity index (χ4v) is 5.50. The third-order valence-electron chi connectivity index (χ3n) is 5.04. The summed E-state index contributed by atoms with van der Waals surface area (Å²) in [6.07, 6.45) is 1.68. The van der Waals surface area contributed by atoms with Crippen LogP contribution in [0.4, 0.5) is 10.1 Å². The first-order chi connectivity index (χ1) is 16.5. The van der Waals surface area contributed by atoms with Crippen LogP contribution >= 0.6 is 34.7 Å². The van der Waals surface area contributed by atoms with Crippen molar-refractivity contribution in [1.82, 2.24) is 14.5 Å². The number of hydrogen-bond donors (Lipinski definition) is 1. The number of pyridine rings is 1. The highest BCUT2D eigenvalue weighted by atomic mass is 35.5. The monoisotopic (exact) mass is 510 g/mol. The Morgan fingerprint density at radius 1 is 1.15 bits per heavy atom. The number of carbonyl (C=O) groups excluding carboxylic acids is 1. The molecule has 3 heterocycles. The second-order valence-corrected chi connectivity index (χ2v) is 9.72. The van der Waals surface area contributed by atoms with Gasteiger partial charge in [0.2, 0.25) is 5.91 Å². The number of aromatic nitrogens is 3. The van der Waals surface area contributed by atoms with Crippen LogP contribution in [0.15, 0.2) is 76.8 Å². The third-order valence-corrected chi connectivity index (χ3v) is 7.42. The van der Waals surface area contributed by atoms with E-state index in [0.29, 0.717) is 27.6 Å². The Morgan fingerprint density at radius 2 is 1.97 bits per heavy atom. The molecule has 0 bridgehead atoms. The molecule has 1 N–H and O–H groups in total. The molecule has 2 aromatic carbocycles. The quantitative estimate of drug-likeness (QED) is 0.238. The molecule has 1 amide bonds. The van der Waals surface area contributed by atoms with Crippen LogP contribution in [-0.4, -0.2) is 26.2 Å². The molecule has 3 aromatic heterocycles. The zero-order valence-corrected chi connectivity index (χ0v) is 19.9. The van der Waals surface area contributed by atoms with Crippen molar-refractivity contribution in [3.05, 3.63) is 93.6 Å². The first-order valence-corrected chi connectivity index (χ1v) is 12.4. The summed E-state index contributed by atoms with van der Waals surface area (Å²) in [6, 6.07) is 17.0. The van der Waals surface area contributed by atoms with Gasteiger partial charge in [0.25, 0.3) is 5.56 Å². The van der Waals surface area contributed by atoms with Crippen molar-refractivity contribution in [3.63, 3.8) is 0 Å². The van der Waals surface area contributed by atoms with Crippen LogP contribution in [0.25, 0.3) is 20.4 Å². The highest BCUT2D eigenvalue weighted by Gasteiger charge is 2.18. The summed E-state index contributed by atoms with van der Waals surface area (Å²) in [6.45, 7) is 0.317. The first kappa shape index (κ1) is 22.5. The number of halogens is 2. The molecule has 0 saturated heterocycles. The molecule has 6 nitrogen and oxygen atoms in total. The van der Waals surface area contributed by atoms with Crippen molar-refractivity contribution >= 4 is 66.7 Å². The smallest absolute Gasteiger partial charge is 0.272 e. The summed E-state index contributed by atoms with van der Waals surface area (Å²) >= 11 is 8.47. The molecule has 0 spiro atoms. The van der Waals surface area contributed by atoms with E-state index in [1.54, 1.807) is 16.8 Å². The number of fused-ring (bicyclic) bond motifs is 3. The maximum Gasteiger partial charge on any atom is 0.272 e. The predicted octanol–water partition coefficient (Wildman–Crippen LogP) is 5.58. The van der Waals surface area contributed by atoms with Gasteiger partial charge in [-0.2, -0.15) is 0 Å². The summed E-state index contributed by atoms with van der Waals surface area (Å²) in [4.78, 5) is 35.9. The van der Waals surface area contributed by atoms with Crippen LogP contribution in [-0.2, 0) is 11.3 Å². The van der Waals surface area contributed by atoms with E-state index in [9.17, 15) is 14.0 Å². The van der Waals surface area contributed by atoms with Gasteiger partial charge in [0.1, 0.15) is 15.3 Å². The van der Waals surface area contributed by atoms with Crippen molar-refractivity contribution in [2.24, 2.45) is 0 Å². The minimum Gasteiger partial charge on any atom is -0.324 e. The van der Waals surface area contributed by atoms with Gasteiger partial charge in [0.05, 0.1) is 28.5 Å². The van der Waals surface area contributed by atoms with E-state index in [1.165, 1.54) is 23.5 Å². The molecular formula is C24H16ClFN4O2S2. The lowest BCUT2D eigenvalue weighted by molar-refractivity contribution is -0.113. The molecule has 34 heavy (non-hydrogen) atoms. The van der Waals surface area contributed by atoms with Gasteiger partial charge in [-0.05, 0) is 35.9 Å². The first-order valence-electron chi connectivity index (χ1n) is 10.2. The number of benzene rings is 2. The Bertz CT molecular complexity index is 1590. The molecule has 0 aliphatic rings. The average Bonchev–Trinajstić information content (AvgIpc) is 3.21. The largest absolute Gasteiger partial charge is 0.324 e. The number of anilines is 1. The molecule has 0 aliphatic heterocycles. The number of hydrogen-bond acceptors (Lipinski definition) is 6.